The minimum Gasteiger partial charge on any atom is -0.458 e. The number of aliphatic hydroxyl groups is 5. The van der Waals surface area contributed by atoms with Gasteiger partial charge in [0.2, 0.25) is 0 Å². The van der Waals surface area contributed by atoms with E-state index in [1.54, 1.807) is 19.9 Å². The summed E-state index contributed by atoms with van der Waals surface area (Å²) >= 11 is 0. The second-order valence-electron chi connectivity index (χ2n) is 18.7. The van der Waals surface area contributed by atoms with Crippen molar-refractivity contribution in [1.82, 2.24) is 0 Å². The van der Waals surface area contributed by atoms with Gasteiger partial charge in [0, 0.05) is 30.8 Å². The summed E-state index contributed by atoms with van der Waals surface area (Å²) < 4.78 is 42.2. The van der Waals surface area contributed by atoms with Gasteiger partial charge in [-0.05, 0) is 113 Å². The van der Waals surface area contributed by atoms with Crippen LogP contribution in [0.3, 0.4) is 0 Å². The fraction of sp³-hybridized carbons (Fsp3) is 0.927. The molecule has 4 aliphatic carbocycles. The Morgan fingerprint density at radius 3 is 1.89 bits per heavy atom. The standard InChI is InChI=1S/C41H64O13/c1-20-36(46)29(42)16-34(49-20)53-38-22(3)51-35(18-31(38)44)54-37-21(2)50-33(17-30(37)43)52-25-8-11-39(4)24(15-25)6-7-28-27(39)9-12-40(5)26(10-13-41(28,40)47)23-14-32(45)48-19-23/h14,20-22,24-31,33-38,42-44,46-47H,6-13,15-19H2,1-5H3/t20-,21+,22-,24+,25-,26+,27+,28-,29-,30-,31+,33+,34+,35-,36+,37-,38-,39-,40+,41-/m1/s1. The maximum atomic E-state index is 12.6. The van der Waals surface area contributed by atoms with Crippen LogP contribution in [0.4, 0.5) is 0 Å². The summed E-state index contributed by atoms with van der Waals surface area (Å²) in [6, 6.07) is 0. The van der Waals surface area contributed by atoms with Gasteiger partial charge >= 0.3 is 5.97 Å². The van der Waals surface area contributed by atoms with E-state index in [0.717, 1.165) is 63.4 Å². The molecule has 54 heavy (non-hydrogen) atoms. The number of carbonyl (C=O) groups excluding carboxylic acids is 1. The number of cyclic esters (lactones) is 1. The van der Waals surface area contributed by atoms with E-state index in [0.29, 0.717) is 18.4 Å². The lowest BCUT2D eigenvalue weighted by molar-refractivity contribution is -0.336. The van der Waals surface area contributed by atoms with Crippen molar-refractivity contribution < 1.29 is 63.5 Å². The summed E-state index contributed by atoms with van der Waals surface area (Å²) in [6.07, 6.45) is 1.90. The number of fused-ring (bicyclic) bond motifs is 5. The highest BCUT2D eigenvalue weighted by Crippen LogP contribution is 2.70. The highest BCUT2D eigenvalue weighted by atomic mass is 16.7. The van der Waals surface area contributed by atoms with Crippen molar-refractivity contribution in [3.05, 3.63) is 11.6 Å². The SMILES string of the molecule is C[C@@H]1O[C@@H](O[C@@H]2CC[C@]3(C)[C@@H](CC[C@@H]4[C@@H]3CC[C@@]3(C)[C@H](C5=CC(=O)OC5)CC[C@@]43O)C2)C[C@@H](O)[C@@H]1O[C@@H]1C[C@H](O)[C@H](O[C@H]2C[C@@H](O)[C@@H](O)[C@@H](C)O2)[C@@H](C)O1. The van der Waals surface area contributed by atoms with Crippen LogP contribution in [-0.2, 0) is 38.0 Å². The van der Waals surface area contributed by atoms with Crippen molar-refractivity contribution in [2.24, 2.45) is 34.5 Å². The maximum Gasteiger partial charge on any atom is 0.331 e. The van der Waals surface area contributed by atoms with Crippen molar-refractivity contribution in [3.63, 3.8) is 0 Å². The van der Waals surface area contributed by atoms with E-state index in [1.807, 2.05) is 6.92 Å². The largest absolute Gasteiger partial charge is 0.458 e. The first-order valence-corrected chi connectivity index (χ1v) is 20.8. The number of carbonyl (C=O) groups is 1. The van der Waals surface area contributed by atoms with Gasteiger partial charge in [-0.15, -0.1) is 0 Å². The Bertz CT molecular complexity index is 1370. The van der Waals surface area contributed by atoms with Gasteiger partial charge in [0.15, 0.2) is 18.9 Å². The molecule has 0 spiro atoms. The topological polar surface area (TPSA) is 183 Å². The summed E-state index contributed by atoms with van der Waals surface area (Å²) in [6.45, 7) is 10.4. The van der Waals surface area contributed by atoms with E-state index < -0.39 is 79.4 Å². The first-order chi connectivity index (χ1) is 25.6. The number of esters is 1. The summed E-state index contributed by atoms with van der Waals surface area (Å²) in [7, 11) is 0. The molecule has 13 heteroatoms. The minimum absolute atomic E-state index is 0.0243. The van der Waals surface area contributed by atoms with E-state index in [2.05, 4.69) is 13.8 Å². The lowest BCUT2D eigenvalue weighted by Crippen LogP contribution is -2.62. The minimum atomic E-state index is -0.996. The van der Waals surface area contributed by atoms with Crippen LogP contribution in [0.15, 0.2) is 11.6 Å². The molecule has 8 rings (SSSR count). The lowest BCUT2D eigenvalue weighted by Gasteiger charge is -2.64. The third-order valence-corrected chi connectivity index (χ3v) is 15.9. The predicted octanol–water partition coefficient (Wildman–Crippen LogP) is 3.25. The van der Waals surface area contributed by atoms with Crippen molar-refractivity contribution in [1.29, 1.82) is 0 Å². The zero-order valence-electron chi connectivity index (χ0n) is 32.6. The molecule has 7 fully saturated rings. The molecule has 4 heterocycles. The van der Waals surface area contributed by atoms with Crippen LogP contribution in [0.1, 0.15) is 112 Å². The van der Waals surface area contributed by atoms with Crippen LogP contribution in [0.25, 0.3) is 0 Å². The van der Waals surface area contributed by atoms with Gasteiger partial charge in [-0.3, -0.25) is 0 Å². The highest BCUT2D eigenvalue weighted by molar-refractivity contribution is 5.85. The Morgan fingerprint density at radius 1 is 0.685 bits per heavy atom. The van der Waals surface area contributed by atoms with Crippen LogP contribution in [-0.4, -0.2) is 124 Å². The van der Waals surface area contributed by atoms with Gasteiger partial charge < -0.3 is 58.7 Å². The van der Waals surface area contributed by atoms with Gasteiger partial charge in [-0.1, -0.05) is 13.8 Å². The fourth-order valence-corrected chi connectivity index (χ4v) is 12.8. The Hall–Kier alpha value is -1.23. The van der Waals surface area contributed by atoms with Gasteiger partial charge in [0.1, 0.15) is 24.9 Å². The van der Waals surface area contributed by atoms with E-state index in [1.165, 1.54) is 0 Å². The molecule has 5 N–H and O–H groups in total. The predicted molar refractivity (Wildman–Crippen MR) is 191 cm³/mol. The van der Waals surface area contributed by atoms with Crippen LogP contribution < -0.4 is 0 Å². The van der Waals surface area contributed by atoms with E-state index in [4.69, 9.17) is 33.2 Å². The second kappa shape index (κ2) is 14.9. The molecule has 306 valence electrons. The molecule has 0 amide bonds. The molecular weight excluding hydrogens is 700 g/mol. The Morgan fingerprint density at radius 2 is 1.30 bits per heavy atom. The summed E-state index contributed by atoms with van der Waals surface area (Å²) in [5.41, 5.74) is 0.215. The summed E-state index contributed by atoms with van der Waals surface area (Å²) in [5, 5.41) is 55.0. The van der Waals surface area contributed by atoms with Crippen molar-refractivity contribution >= 4 is 5.97 Å². The van der Waals surface area contributed by atoms with Crippen LogP contribution in [0.5, 0.6) is 0 Å². The Labute approximate surface area is 319 Å². The molecule has 3 saturated heterocycles. The van der Waals surface area contributed by atoms with Crippen LogP contribution in [0.2, 0.25) is 0 Å². The molecule has 0 unspecified atom stereocenters. The van der Waals surface area contributed by atoms with Crippen LogP contribution >= 0.6 is 0 Å². The highest BCUT2D eigenvalue weighted by Gasteiger charge is 2.68. The molecule has 0 aromatic carbocycles. The normalized spacial score (nSPS) is 55.0. The van der Waals surface area contributed by atoms with Gasteiger partial charge in [0.25, 0.3) is 0 Å². The lowest BCUT2D eigenvalue weighted by atomic mass is 9.43. The van der Waals surface area contributed by atoms with Crippen molar-refractivity contribution in [2.75, 3.05) is 6.61 Å². The quantitative estimate of drug-likeness (QED) is 0.188. The first kappa shape index (κ1) is 39.6. The second-order valence-corrected chi connectivity index (χ2v) is 18.7. The molecule has 4 aliphatic heterocycles. The molecule has 0 aromatic heterocycles. The van der Waals surface area contributed by atoms with Crippen molar-refractivity contribution in [2.45, 2.75) is 197 Å². The van der Waals surface area contributed by atoms with Crippen LogP contribution in [0, 0.1) is 34.5 Å². The molecule has 0 aromatic rings. The molecular formula is C41H64O13. The maximum absolute atomic E-state index is 12.6. The fourth-order valence-electron chi connectivity index (χ4n) is 12.8. The zero-order valence-corrected chi connectivity index (χ0v) is 32.6. The Kier molecular flexibility index (Phi) is 10.9. The van der Waals surface area contributed by atoms with E-state index in [9.17, 15) is 30.3 Å². The van der Waals surface area contributed by atoms with Crippen molar-refractivity contribution in [3.8, 4) is 0 Å². The van der Waals surface area contributed by atoms with E-state index >= 15 is 0 Å². The monoisotopic (exact) mass is 764 g/mol. The number of hydrogen-bond acceptors (Lipinski definition) is 13. The molecule has 8 aliphatic rings. The van der Waals surface area contributed by atoms with Gasteiger partial charge in [-0.2, -0.15) is 0 Å². The molecule has 0 bridgehead atoms. The number of ether oxygens (including phenoxy) is 7. The number of aliphatic hydroxyl groups excluding tert-OH is 4. The Balaban J connectivity index is 0.826. The summed E-state index contributed by atoms with van der Waals surface area (Å²) in [5.74, 6) is 1.13. The summed E-state index contributed by atoms with van der Waals surface area (Å²) in [4.78, 5) is 11.9. The zero-order chi connectivity index (χ0) is 38.3. The number of hydrogen-bond donors (Lipinski definition) is 5. The van der Waals surface area contributed by atoms with E-state index in [-0.39, 0.29) is 54.0 Å². The van der Waals surface area contributed by atoms with Gasteiger partial charge in [-0.25, -0.2) is 4.79 Å². The average molecular weight is 765 g/mol. The average Bonchev–Trinajstić information content (AvgIpc) is 3.66. The van der Waals surface area contributed by atoms with Gasteiger partial charge in [0.05, 0.1) is 48.3 Å². The third kappa shape index (κ3) is 6.82. The molecule has 13 nitrogen and oxygen atoms in total. The number of rotatable bonds is 7. The smallest absolute Gasteiger partial charge is 0.331 e. The third-order valence-electron chi connectivity index (χ3n) is 15.9. The first-order valence-electron chi connectivity index (χ1n) is 20.8. The molecule has 20 atom stereocenters. The molecule has 4 saturated carbocycles. The molecule has 0 radical (unpaired) electrons.